The molecule has 98 valence electrons. The molecule has 1 aromatic rings. The molecule has 0 fully saturated rings. The van der Waals surface area contributed by atoms with E-state index in [4.69, 9.17) is 5.11 Å². The first-order valence-electron chi connectivity index (χ1n) is 4.40. The number of carboxylic acids is 1. The van der Waals surface area contributed by atoms with E-state index < -0.39 is 34.8 Å². The van der Waals surface area contributed by atoms with Gasteiger partial charge in [0.2, 0.25) is 0 Å². The molecule has 0 heterocycles. The number of Topliss-reactive ketones (excluding diaryl/α,β-unsaturated/α-hetero) is 1. The molecule has 0 aliphatic heterocycles. The zero-order valence-electron chi connectivity index (χ0n) is 8.84. The van der Waals surface area contributed by atoms with Crippen LogP contribution in [0.3, 0.4) is 0 Å². The van der Waals surface area contributed by atoms with Crippen LogP contribution >= 0.6 is 15.9 Å². The summed E-state index contributed by atoms with van der Waals surface area (Å²) >= 11 is 2.74. The van der Waals surface area contributed by atoms with Crippen LogP contribution in [0.25, 0.3) is 0 Å². The van der Waals surface area contributed by atoms with Crippen LogP contribution in [0.1, 0.15) is 15.9 Å². The van der Waals surface area contributed by atoms with E-state index in [1.807, 2.05) is 0 Å². The second kappa shape index (κ2) is 4.97. The molecular weight excluding hydrogens is 321 g/mol. The second-order valence-corrected chi connectivity index (χ2v) is 4.02. The smallest absolute Gasteiger partial charge is 0.416 e. The average Bonchev–Trinajstić information content (AvgIpc) is 2.25. The fourth-order valence-corrected chi connectivity index (χ4v) is 1.86. The van der Waals surface area contributed by atoms with E-state index >= 15 is 0 Å². The summed E-state index contributed by atoms with van der Waals surface area (Å²) in [4.78, 5) is 21.9. The van der Waals surface area contributed by atoms with Crippen LogP contribution in [0.4, 0.5) is 13.2 Å². The Bertz CT molecular complexity index is 511. The van der Waals surface area contributed by atoms with E-state index in [2.05, 4.69) is 20.7 Å². The summed E-state index contributed by atoms with van der Waals surface area (Å²) in [5.74, 6) is -3.59. The molecule has 8 heteroatoms. The lowest BCUT2D eigenvalue weighted by molar-refractivity contribution is -0.137. The maximum absolute atomic E-state index is 12.5. The van der Waals surface area contributed by atoms with Gasteiger partial charge < -0.3 is 9.84 Å². The van der Waals surface area contributed by atoms with Gasteiger partial charge in [0, 0.05) is 4.47 Å². The lowest BCUT2D eigenvalue weighted by atomic mass is 10.1. The predicted octanol–water partition coefficient (Wildman–Crippen LogP) is 2.74. The summed E-state index contributed by atoms with van der Waals surface area (Å²) in [6.45, 7) is 0. The van der Waals surface area contributed by atoms with E-state index in [1.54, 1.807) is 0 Å². The summed E-state index contributed by atoms with van der Waals surface area (Å²) in [5, 5.41) is 8.56. The number of alkyl halides is 3. The topological polar surface area (TPSA) is 63.6 Å². The Kier molecular flexibility index (Phi) is 4.00. The van der Waals surface area contributed by atoms with Gasteiger partial charge in [0.05, 0.1) is 18.2 Å². The SMILES string of the molecule is COc1cc(C(F)(F)F)cc(Br)c1C(=O)C(=O)O. The number of ketones is 1. The zero-order chi connectivity index (χ0) is 14.1. The Morgan fingerprint density at radius 2 is 1.89 bits per heavy atom. The Morgan fingerprint density at radius 1 is 1.33 bits per heavy atom. The number of rotatable bonds is 3. The number of carbonyl (C=O) groups excluding carboxylic acids is 1. The van der Waals surface area contributed by atoms with Crippen LogP contribution in [0, 0.1) is 0 Å². The Balaban J connectivity index is 3.47. The quantitative estimate of drug-likeness (QED) is 0.685. The lowest BCUT2D eigenvalue weighted by Crippen LogP contribution is -2.16. The highest BCUT2D eigenvalue weighted by Gasteiger charge is 2.34. The predicted molar refractivity (Wildman–Crippen MR) is 57.7 cm³/mol. The average molecular weight is 327 g/mol. The third kappa shape index (κ3) is 2.81. The second-order valence-electron chi connectivity index (χ2n) is 3.17. The van der Waals surface area contributed by atoms with Crippen molar-refractivity contribution in [3.05, 3.63) is 27.7 Å². The maximum Gasteiger partial charge on any atom is 0.416 e. The molecule has 18 heavy (non-hydrogen) atoms. The van der Waals surface area contributed by atoms with Crippen molar-refractivity contribution in [2.24, 2.45) is 0 Å². The van der Waals surface area contributed by atoms with Crippen molar-refractivity contribution in [2.75, 3.05) is 7.11 Å². The molecule has 0 spiro atoms. The van der Waals surface area contributed by atoms with Gasteiger partial charge in [0.1, 0.15) is 5.75 Å². The van der Waals surface area contributed by atoms with Crippen LogP contribution in [0.5, 0.6) is 5.75 Å². The molecule has 0 aromatic heterocycles. The van der Waals surface area contributed by atoms with Gasteiger partial charge in [-0.15, -0.1) is 0 Å². The molecule has 1 aromatic carbocycles. The number of hydrogen-bond acceptors (Lipinski definition) is 3. The standard InChI is InChI=1S/C10H6BrF3O4/c1-18-6-3-4(10(12,13)14)2-5(11)7(6)8(15)9(16)17/h2-3H,1H3,(H,16,17). The summed E-state index contributed by atoms with van der Waals surface area (Å²) in [7, 11) is 1.04. The Labute approximate surface area is 107 Å². The number of methoxy groups -OCH3 is 1. The van der Waals surface area contributed by atoms with Crippen molar-refractivity contribution < 1.29 is 32.6 Å². The monoisotopic (exact) mass is 326 g/mol. The summed E-state index contributed by atoms with van der Waals surface area (Å²) in [6.07, 6.45) is -4.62. The van der Waals surface area contributed by atoms with E-state index in [-0.39, 0.29) is 4.47 Å². The van der Waals surface area contributed by atoms with Gasteiger partial charge in [0.25, 0.3) is 5.78 Å². The number of benzene rings is 1. The molecule has 1 N–H and O–H groups in total. The van der Waals surface area contributed by atoms with Crippen LogP contribution in [0.2, 0.25) is 0 Å². The Hall–Kier alpha value is -1.57. The molecule has 0 amide bonds. The lowest BCUT2D eigenvalue weighted by Gasteiger charge is -2.13. The fraction of sp³-hybridized carbons (Fsp3) is 0.200. The van der Waals surface area contributed by atoms with Crippen LogP contribution < -0.4 is 4.74 Å². The fourth-order valence-electron chi connectivity index (χ4n) is 1.23. The zero-order valence-corrected chi connectivity index (χ0v) is 10.4. The first kappa shape index (κ1) is 14.5. The van der Waals surface area contributed by atoms with E-state index in [1.165, 1.54) is 0 Å². The maximum atomic E-state index is 12.5. The van der Waals surface area contributed by atoms with Gasteiger partial charge in [-0.1, -0.05) is 0 Å². The van der Waals surface area contributed by atoms with Crippen molar-refractivity contribution >= 4 is 27.7 Å². The molecule has 0 aliphatic rings. The van der Waals surface area contributed by atoms with Gasteiger partial charge in [-0.05, 0) is 28.1 Å². The summed E-state index contributed by atoms with van der Waals surface area (Å²) < 4.78 is 41.8. The van der Waals surface area contributed by atoms with E-state index in [9.17, 15) is 22.8 Å². The summed E-state index contributed by atoms with van der Waals surface area (Å²) in [6, 6.07) is 1.19. The number of hydrogen-bond donors (Lipinski definition) is 1. The minimum Gasteiger partial charge on any atom is -0.496 e. The molecule has 4 nitrogen and oxygen atoms in total. The van der Waals surface area contributed by atoms with Crippen molar-refractivity contribution in [3.8, 4) is 5.75 Å². The van der Waals surface area contributed by atoms with Gasteiger partial charge >= 0.3 is 12.1 Å². The molecule has 0 atom stereocenters. The van der Waals surface area contributed by atoms with E-state index in [0.29, 0.717) is 12.1 Å². The number of aliphatic carboxylic acids is 1. The third-order valence-electron chi connectivity index (χ3n) is 2.02. The van der Waals surface area contributed by atoms with Crippen molar-refractivity contribution in [3.63, 3.8) is 0 Å². The molecule has 0 bridgehead atoms. The van der Waals surface area contributed by atoms with Gasteiger partial charge in [0.15, 0.2) is 0 Å². The third-order valence-corrected chi connectivity index (χ3v) is 2.65. The largest absolute Gasteiger partial charge is 0.496 e. The van der Waals surface area contributed by atoms with Crippen molar-refractivity contribution in [2.45, 2.75) is 6.18 Å². The highest BCUT2D eigenvalue weighted by Crippen LogP contribution is 2.37. The van der Waals surface area contributed by atoms with Crippen LogP contribution in [-0.4, -0.2) is 24.0 Å². The molecule has 0 aliphatic carbocycles. The highest BCUT2D eigenvalue weighted by atomic mass is 79.9. The molecule has 0 saturated carbocycles. The molecule has 0 saturated heterocycles. The van der Waals surface area contributed by atoms with Crippen molar-refractivity contribution in [1.82, 2.24) is 0 Å². The highest BCUT2D eigenvalue weighted by molar-refractivity contribution is 9.10. The molecule has 0 unspecified atom stereocenters. The molecule has 1 rings (SSSR count). The van der Waals surface area contributed by atoms with Crippen molar-refractivity contribution in [1.29, 1.82) is 0 Å². The van der Waals surface area contributed by atoms with Crippen LogP contribution in [-0.2, 0) is 11.0 Å². The number of carbonyl (C=O) groups is 2. The van der Waals surface area contributed by atoms with Gasteiger partial charge in [-0.2, -0.15) is 13.2 Å². The summed E-state index contributed by atoms with van der Waals surface area (Å²) in [5.41, 5.74) is -1.51. The van der Waals surface area contributed by atoms with E-state index in [0.717, 1.165) is 7.11 Å². The minimum atomic E-state index is -4.62. The Morgan fingerprint density at radius 3 is 2.28 bits per heavy atom. The van der Waals surface area contributed by atoms with Gasteiger partial charge in [-0.3, -0.25) is 4.79 Å². The minimum absolute atomic E-state index is 0.290. The van der Waals surface area contributed by atoms with Crippen LogP contribution in [0.15, 0.2) is 16.6 Å². The number of halogens is 4. The van der Waals surface area contributed by atoms with Gasteiger partial charge in [-0.25, -0.2) is 4.79 Å². The molecular formula is C10H6BrF3O4. The first-order chi connectivity index (χ1) is 8.18. The number of carboxylic acid groups (broad SMARTS) is 1. The molecule has 0 radical (unpaired) electrons. The first-order valence-corrected chi connectivity index (χ1v) is 5.20. The normalized spacial score (nSPS) is 11.2. The number of ether oxygens (including phenoxy) is 1.